The molecule has 0 aromatic carbocycles. The summed E-state index contributed by atoms with van der Waals surface area (Å²) >= 11 is 0. The summed E-state index contributed by atoms with van der Waals surface area (Å²) < 4.78 is 0. The third kappa shape index (κ3) is 10.2. The number of hydrogen-bond donors (Lipinski definition) is 6. The standard InChI is InChI=1S/C15H26N4O7/c1-16-9(3-5-12(21)22)15(26)19-10(4-6-13(23)24)14(25)18-8-7-11(20)17-2/h9-10,16H,3-8H2,1-2H3,(H,17,20)(H,18,25)(H,19,26)(H,21,22)(H,23,24). The maximum Gasteiger partial charge on any atom is 0.303 e. The SMILES string of the molecule is CNC(=O)CCNC(=O)C(CCC(=O)O)NC(=O)C(CCC(=O)O)NC. The second-order valence-corrected chi connectivity index (χ2v) is 5.48. The molecule has 0 saturated carbocycles. The van der Waals surface area contributed by atoms with Crippen LogP contribution in [-0.4, -0.2) is 72.6 Å². The molecule has 0 aliphatic carbocycles. The van der Waals surface area contributed by atoms with Crippen molar-refractivity contribution in [2.45, 2.75) is 44.2 Å². The second-order valence-electron chi connectivity index (χ2n) is 5.48. The van der Waals surface area contributed by atoms with E-state index in [2.05, 4.69) is 21.3 Å². The van der Waals surface area contributed by atoms with E-state index in [1.54, 1.807) is 0 Å². The highest BCUT2D eigenvalue weighted by Crippen LogP contribution is 2.02. The molecule has 2 atom stereocenters. The van der Waals surface area contributed by atoms with Gasteiger partial charge in [-0.05, 0) is 19.9 Å². The van der Waals surface area contributed by atoms with Gasteiger partial charge in [0.25, 0.3) is 0 Å². The average Bonchev–Trinajstić information content (AvgIpc) is 2.58. The van der Waals surface area contributed by atoms with Crippen molar-refractivity contribution in [3.8, 4) is 0 Å². The lowest BCUT2D eigenvalue weighted by molar-refractivity contribution is -0.139. The largest absolute Gasteiger partial charge is 0.481 e. The van der Waals surface area contributed by atoms with Crippen molar-refractivity contribution in [1.82, 2.24) is 21.3 Å². The molecule has 0 rings (SSSR count). The summed E-state index contributed by atoms with van der Waals surface area (Å²) in [5.74, 6) is -3.69. The fourth-order valence-corrected chi connectivity index (χ4v) is 2.03. The lowest BCUT2D eigenvalue weighted by Crippen LogP contribution is -2.52. The third-order valence-electron chi connectivity index (χ3n) is 3.52. The molecule has 2 unspecified atom stereocenters. The Labute approximate surface area is 150 Å². The first kappa shape index (κ1) is 23.3. The number of likely N-dealkylation sites (N-methyl/N-ethyl adjacent to an activating group) is 1. The minimum atomic E-state index is -1.13. The van der Waals surface area contributed by atoms with Crippen molar-refractivity contribution < 1.29 is 34.2 Å². The highest BCUT2D eigenvalue weighted by Gasteiger charge is 2.25. The van der Waals surface area contributed by atoms with Gasteiger partial charge in [0.2, 0.25) is 17.7 Å². The zero-order valence-electron chi connectivity index (χ0n) is 14.8. The normalized spacial score (nSPS) is 12.5. The first-order chi connectivity index (χ1) is 12.2. The molecule has 26 heavy (non-hydrogen) atoms. The molecule has 0 aliphatic rings. The molecule has 0 aliphatic heterocycles. The van der Waals surface area contributed by atoms with Crippen molar-refractivity contribution in [2.75, 3.05) is 20.6 Å². The zero-order valence-corrected chi connectivity index (χ0v) is 14.8. The van der Waals surface area contributed by atoms with E-state index in [0.29, 0.717) is 0 Å². The lowest BCUT2D eigenvalue weighted by atomic mass is 10.1. The van der Waals surface area contributed by atoms with Gasteiger partial charge in [-0.3, -0.25) is 24.0 Å². The lowest BCUT2D eigenvalue weighted by Gasteiger charge is -2.21. The van der Waals surface area contributed by atoms with Gasteiger partial charge in [-0.1, -0.05) is 0 Å². The first-order valence-electron chi connectivity index (χ1n) is 8.10. The van der Waals surface area contributed by atoms with Crippen LogP contribution in [0.25, 0.3) is 0 Å². The van der Waals surface area contributed by atoms with Crippen LogP contribution in [0.2, 0.25) is 0 Å². The molecule has 0 aromatic rings. The van der Waals surface area contributed by atoms with Crippen molar-refractivity contribution in [1.29, 1.82) is 0 Å². The monoisotopic (exact) mass is 374 g/mol. The summed E-state index contributed by atoms with van der Waals surface area (Å²) in [6, 6.07) is -1.94. The minimum absolute atomic E-state index is 0.0155. The molecule has 11 heteroatoms. The van der Waals surface area contributed by atoms with Crippen LogP contribution in [0.15, 0.2) is 0 Å². The molecule has 3 amide bonds. The number of carboxylic acid groups (broad SMARTS) is 2. The van der Waals surface area contributed by atoms with Gasteiger partial charge < -0.3 is 31.5 Å². The topological polar surface area (TPSA) is 174 Å². The fraction of sp³-hybridized carbons (Fsp3) is 0.667. The number of aliphatic carboxylic acids is 2. The third-order valence-corrected chi connectivity index (χ3v) is 3.52. The predicted octanol–water partition coefficient (Wildman–Crippen LogP) is -1.96. The van der Waals surface area contributed by atoms with Gasteiger partial charge in [0.05, 0.1) is 6.04 Å². The number of carbonyl (C=O) groups excluding carboxylic acids is 3. The summed E-state index contributed by atoms with van der Waals surface area (Å²) in [5.41, 5.74) is 0. The second kappa shape index (κ2) is 12.6. The Morgan fingerprint density at radius 2 is 1.35 bits per heavy atom. The van der Waals surface area contributed by atoms with Crippen LogP contribution >= 0.6 is 0 Å². The number of carboxylic acids is 2. The number of amides is 3. The molecule has 6 N–H and O–H groups in total. The van der Waals surface area contributed by atoms with Gasteiger partial charge in [0.1, 0.15) is 6.04 Å². The Balaban J connectivity index is 4.80. The van der Waals surface area contributed by atoms with Crippen LogP contribution in [-0.2, 0) is 24.0 Å². The van der Waals surface area contributed by atoms with Crippen molar-refractivity contribution in [2.24, 2.45) is 0 Å². The minimum Gasteiger partial charge on any atom is -0.481 e. The van der Waals surface area contributed by atoms with Crippen molar-refractivity contribution in [3.63, 3.8) is 0 Å². The molecule has 0 bridgehead atoms. The Hall–Kier alpha value is -2.69. The predicted molar refractivity (Wildman–Crippen MR) is 90.2 cm³/mol. The van der Waals surface area contributed by atoms with Crippen LogP contribution in [0.1, 0.15) is 32.1 Å². The van der Waals surface area contributed by atoms with E-state index < -0.39 is 35.8 Å². The molecular formula is C15H26N4O7. The fourth-order valence-electron chi connectivity index (χ4n) is 2.03. The van der Waals surface area contributed by atoms with E-state index in [4.69, 9.17) is 10.2 Å². The van der Waals surface area contributed by atoms with E-state index in [0.717, 1.165) is 0 Å². The first-order valence-corrected chi connectivity index (χ1v) is 8.10. The molecule has 148 valence electrons. The molecule has 0 saturated heterocycles. The van der Waals surface area contributed by atoms with E-state index in [-0.39, 0.29) is 44.6 Å². The van der Waals surface area contributed by atoms with Crippen LogP contribution in [0.5, 0.6) is 0 Å². The van der Waals surface area contributed by atoms with Crippen LogP contribution in [0.3, 0.4) is 0 Å². The van der Waals surface area contributed by atoms with Gasteiger partial charge in [-0.2, -0.15) is 0 Å². The van der Waals surface area contributed by atoms with E-state index in [9.17, 15) is 24.0 Å². The maximum absolute atomic E-state index is 12.2. The Morgan fingerprint density at radius 1 is 0.808 bits per heavy atom. The van der Waals surface area contributed by atoms with Gasteiger partial charge in [0.15, 0.2) is 0 Å². The number of carbonyl (C=O) groups is 5. The summed E-state index contributed by atoms with van der Waals surface area (Å²) in [4.78, 5) is 56.9. The average molecular weight is 374 g/mol. The van der Waals surface area contributed by atoms with E-state index >= 15 is 0 Å². The van der Waals surface area contributed by atoms with Gasteiger partial charge in [-0.15, -0.1) is 0 Å². The van der Waals surface area contributed by atoms with Crippen LogP contribution in [0.4, 0.5) is 0 Å². The van der Waals surface area contributed by atoms with Gasteiger partial charge in [0, 0.05) is 32.9 Å². The Kier molecular flexibility index (Phi) is 11.3. The molecule has 0 spiro atoms. The molecule has 0 radical (unpaired) electrons. The van der Waals surface area contributed by atoms with E-state index in [1.165, 1.54) is 14.1 Å². The van der Waals surface area contributed by atoms with Crippen molar-refractivity contribution in [3.05, 3.63) is 0 Å². The quantitative estimate of drug-likeness (QED) is 0.215. The molecule has 0 fully saturated rings. The van der Waals surface area contributed by atoms with Gasteiger partial charge >= 0.3 is 11.9 Å². The molecule has 0 aromatic heterocycles. The molecule has 0 heterocycles. The number of nitrogens with one attached hydrogen (secondary N) is 4. The summed E-state index contributed by atoms with van der Waals surface area (Å²) in [7, 11) is 2.93. The Bertz CT molecular complexity index is 524. The van der Waals surface area contributed by atoms with Gasteiger partial charge in [-0.25, -0.2) is 0 Å². The summed E-state index contributed by atoms with van der Waals surface area (Å²) in [6.45, 7) is 0.0341. The smallest absolute Gasteiger partial charge is 0.303 e. The van der Waals surface area contributed by atoms with Crippen LogP contribution in [0, 0.1) is 0 Å². The molecule has 11 nitrogen and oxygen atoms in total. The van der Waals surface area contributed by atoms with Crippen LogP contribution < -0.4 is 21.3 Å². The highest BCUT2D eigenvalue weighted by molar-refractivity contribution is 5.90. The van der Waals surface area contributed by atoms with Crippen molar-refractivity contribution >= 4 is 29.7 Å². The summed E-state index contributed by atoms with van der Waals surface area (Å²) in [6.07, 6.45) is -0.659. The van der Waals surface area contributed by atoms with E-state index in [1.807, 2.05) is 0 Å². The zero-order chi connectivity index (χ0) is 20.1. The number of hydrogen-bond acceptors (Lipinski definition) is 6. The highest BCUT2D eigenvalue weighted by atomic mass is 16.4. The Morgan fingerprint density at radius 3 is 1.81 bits per heavy atom. The summed E-state index contributed by atoms with van der Waals surface area (Å²) in [5, 5.41) is 27.4. The maximum atomic E-state index is 12.2. The number of rotatable bonds is 13. The molecular weight excluding hydrogens is 348 g/mol.